The van der Waals surface area contributed by atoms with E-state index < -0.39 is 17.4 Å². The van der Waals surface area contributed by atoms with Gasteiger partial charge in [0.05, 0.1) is 29.9 Å². The monoisotopic (exact) mass is 478 g/mol. The van der Waals surface area contributed by atoms with Gasteiger partial charge in [-0.1, -0.05) is 24.0 Å². The number of hydrogen-bond acceptors (Lipinski definition) is 9. The average molecular weight is 479 g/mol. The Balaban J connectivity index is 1.29. The van der Waals surface area contributed by atoms with Crippen LogP contribution in [-0.4, -0.2) is 71.5 Å². The van der Waals surface area contributed by atoms with Gasteiger partial charge in [0.25, 0.3) is 5.24 Å². The number of piperazine rings is 1. The van der Waals surface area contributed by atoms with Gasteiger partial charge < -0.3 is 15.0 Å². The average Bonchev–Trinajstić information content (AvgIpc) is 3.40. The van der Waals surface area contributed by atoms with Crippen molar-refractivity contribution >= 4 is 51.8 Å². The van der Waals surface area contributed by atoms with E-state index in [2.05, 4.69) is 32.7 Å². The zero-order valence-corrected chi connectivity index (χ0v) is 18.8. The molecule has 0 radical (unpaired) electrons. The lowest BCUT2D eigenvalue weighted by Crippen LogP contribution is -2.46. The summed E-state index contributed by atoms with van der Waals surface area (Å²) in [5.74, 6) is 0.826. The summed E-state index contributed by atoms with van der Waals surface area (Å²) in [7, 11) is 0. The summed E-state index contributed by atoms with van der Waals surface area (Å²) < 4.78 is 5.26. The third-order valence-electron chi connectivity index (χ3n) is 5.30. The van der Waals surface area contributed by atoms with Gasteiger partial charge >= 0.3 is 11.1 Å². The zero-order chi connectivity index (χ0) is 22.7. The third kappa shape index (κ3) is 5.29. The molecule has 2 aliphatic rings. The fourth-order valence-electron chi connectivity index (χ4n) is 3.67. The molecule has 170 valence electrons. The molecule has 13 heteroatoms. The quantitative estimate of drug-likeness (QED) is 0.353. The van der Waals surface area contributed by atoms with Crippen molar-refractivity contribution < 1.29 is 19.2 Å². The predicted molar refractivity (Wildman–Crippen MR) is 123 cm³/mol. The molecular formula is C19H22N6O5S2. The van der Waals surface area contributed by atoms with Gasteiger partial charge in [-0.05, 0) is 18.2 Å². The number of nitrogens with zero attached hydrogens (tertiary/aromatic N) is 5. The number of rotatable bonds is 7. The van der Waals surface area contributed by atoms with Gasteiger partial charge in [-0.15, -0.1) is 0 Å². The highest BCUT2D eigenvalue weighted by molar-refractivity contribution is 7.96. The first kappa shape index (κ1) is 22.3. The highest BCUT2D eigenvalue weighted by atomic mass is 32.1. The first-order valence-corrected chi connectivity index (χ1v) is 11.3. The van der Waals surface area contributed by atoms with Crippen molar-refractivity contribution in [2.75, 3.05) is 49.1 Å². The Bertz CT molecular complexity index is 992. The van der Waals surface area contributed by atoms with Gasteiger partial charge in [0.1, 0.15) is 11.9 Å². The Morgan fingerprint density at radius 3 is 2.69 bits per heavy atom. The number of carbonyl (C=O) groups is 2. The van der Waals surface area contributed by atoms with E-state index >= 15 is 0 Å². The Morgan fingerprint density at radius 1 is 1.28 bits per heavy atom. The van der Waals surface area contributed by atoms with E-state index in [9.17, 15) is 19.7 Å². The first-order chi connectivity index (χ1) is 15.4. The van der Waals surface area contributed by atoms with Crippen molar-refractivity contribution in [1.82, 2.24) is 15.2 Å². The van der Waals surface area contributed by atoms with Gasteiger partial charge in [-0.3, -0.25) is 24.7 Å². The molecule has 0 saturated carbocycles. The van der Waals surface area contributed by atoms with Gasteiger partial charge in [0, 0.05) is 43.7 Å². The molecule has 1 unspecified atom stereocenters. The number of thiol groups is 1. The minimum atomic E-state index is -0.472. The van der Waals surface area contributed by atoms with Crippen LogP contribution in [0.15, 0.2) is 30.5 Å². The summed E-state index contributed by atoms with van der Waals surface area (Å²) in [5.41, 5.74) is 0.636. The molecule has 2 aliphatic heterocycles. The van der Waals surface area contributed by atoms with Crippen LogP contribution in [0.4, 0.5) is 26.1 Å². The van der Waals surface area contributed by atoms with E-state index in [-0.39, 0.29) is 16.5 Å². The molecule has 0 spiro atoms. The number of amides is 2. The third-order valence-corrected chi connectivity index (χ3v) is 6.48. The second-order valence-electron chi connectivity index (χ2n) is 7.44. The Morgan fingerprint density at radius 2 is 2.06 bits per heavy atom. The summed E-state index contributed by atoms with van der Waals surface area (Å²) >= 11 is 4.86. The fraction of sp³-hybridized carbons (Fsp3) is 0.421. The molecular weight excluding hydrogens is 456 g/mol. The topological polar surface area (TPSA) is 121 Å². The van der Waals surface area contributed by atoms with Gasteiger partial charge in [-0.2, -0.15) is 0 Å². The standard InChI is InChI=1S/C19H22N6O5S2/c26-18(31)21-10-14-11-24(19(27)30-14)13-1-3-16(20-9-13)23-7-5-22(6-8-23)12-15-2-4-17(32-15)25(28)29/h1-4,9,14H,5-8,10-12H2,(H2,21,26,31). The number of aromatic nitrogens is 1. The highest BCUT2D eigenvalue weighted by Crippen LogP contribution is 2.26. The molecule has 4 rings (SSSR count). The predicted octanol–water partition coefficient (Wildman–Crippen LogP) is 2.34. The first-order valence-electron chi connectivity index (χ1n) is 10.0. The molecule has 0 aliphatic carbocycles. The van der Waals surface area contributed by atoms with Crippen molar-refractivity contribution in [3.63, 3.8) is 0 Å². The van der Waals surface area contributed by atoms with Gasteiger partial charge in [0.2, 0.25) is 0 Å². The highest BCUT2D eigenvalue weighted by Gasteiger charge is 2.32. The van der Waals surface area contributed by atoms with Crippen LogP contribution in [0.5, 0.6) is 0 Å². The molecule has 4 heterocycles. The van der Waals surface area contributed by atoms with Crippen molar-refractivity contribution in [3.05, 3.63) is 45.5 Å². The normalized spacial score (nSPS) is 19.2. The summed E-state index contributed by atoms with van der Waals surface area (Å²) in [6, 6.07) is 7.08. The van der Waals surface area contributed by atoms with E-state index in [0.717, 1.165) is 36.9 Å². The number of pyridine rings is 1. The van der Waals surface area contributed by atoms with Crippen LogP contribution in [0.1, 0.15) is 4.88 Å². The number of carbonyl (C=O) groups excluding carboxylic acids is 2. The van der Waals surface area contributed by atoms with Gasteiger partial charge in [-0.25, -0.2) is 9.78 Å². The number of cyclic esters (lactones) is 1. The molecule has 2 aromatic rings. The van der Waals surface area contributed by atoms with E-state index in [4.69, 9.17) is 4.74 Å². The molecule has 1 atom stereocenters. The minimum Gasteiger partial charge on any atom is -0.442 e. The summed E-state index contributed by atoms with van der Waals surface area (Å²) in [5, 5.41) is 13.1. The van der Waals surface area contributed by atoms with Crippen LogP contribution in [-0.2, 0) is 11.3 Å². The maximum Gasteiger partial charge on any atom is 0.414 e. The van der Waals surface area contributed by atoms with Crippen LogP contribution in [0.2, 0.25) is 0 Å². The van der Waals surface area contributed by atoms with Crippen molar-refractivity contribution in [2.45, 2.75) is 12.6 Å². The lowest BCUT2D eigenvalue weighted by molar-refractivity contribution is -0.380. The van der Waals surface area contributed by atoms with Crippen LogP contribution < -0.4 is 15.1 Å². The maximum atomic E-state index is 12.1. The number of nitrogens with one attached hydrogen (secondary N) is 1. The lowest BCUT2D eigenvalue weighted by atomic mass is 10.2. The van der Waals surface area contributed by atoms with Crippen molar-refractivity contribution in [3.8, 4) is 0 Å². The van der Waals surface area contributed by atoms with E-state index in [1.54, 1.807) is 12.3 Å². The Labute approximate surface area is 193 Å². The number of thiophene rings is 1. The van der Waals surface area contributed by atoms with Crippen molar-refractivity contribution in [2.24, 2.45) is 0 Å². The lowest BCUT2D eigenvalue weighted by Gasteiger charge is -2.35. The molecule has 2 amide bonds. The minimum absolute atomic E-state index is 0.169. The molecule has 2 fully saturated rings. The van der Waals surface area contributed by atoms with Crippen LogP contribution in [0, 0.1) is 10.1 Å². The van der Waals surface area contributed by atoms with Gasteiger partial charge in [0.15, 0.2) is 0 Å². The van der Waals surface area contributed by atoms with Crippen LogP contribution in [0.25, 0.3) is 0 Å². The molecule has 1 N–H and O–H groups in total. The smallest absolute Gasteiger partial charge is 0.414 e. The molecule has 11 nitrogen and oxygen atoms in total. The Kier molecular flexibility index (Phi) is 6.77. The Hall–Kier alpha value is -2.90. The molecule has 32 heavy (non-hydrogen) atoms. The summed E-state index contributed by atoms with van der Waals surface area (Å²) in [6.07, 6.45) is 0.740. The van der Waals surface area contributed by atoms with E-state index in [0.29, 0.717) is 18.8 Å². The number of nitro groups is 1. The van der Waals surface area contributed by atoms with E-state index in [1.165, 1.54) is 16.2 Å². The molecule has 0 bridgehead atoms. The molecule has 2 saturated heterocycles. The zero-order valence-electron chi connectivity index (χ0n) is 17.0. The second-order valence-corrected chi connectivity index (χ2v) is 8.99. The summed E-state index contributed by atoms with van der Waals surface area (Å²) in [4.78, 5) is 45.0. The summed E-state index contributed by atoms with van der Waals surface area (Å²) in [6.45, 7) is 4.46. The van der Waals surface area contributed by atoms with E-state index in [1.807, 2.05) is 18.2 Å². The molecule has 0 aromatic carbocycles. The van der Waals surface area contributed by atoms with Crippen LogP contribution in [0.3, 0.4) is 0 Å². The maximum absolute atomic E-state index is 12.1. The fourth-order valence-corrected chi connectivity index (χ4v) is 4.62. The number of ether oxygens (including phenoxy) is 1. The largest absolute Gasteiger partial charge is 0.442 e. The number of hydrogen-bond donors (Lipinski definition) is 2. The SMILES string of the molecule is O=C(S)NCC1CN(c2ccc(N3CCN(Cc4ccc([N+](=O)[O-])s4)CC3)nc2)C(=O)O1. The second kappa shape index (κ2) is 9.71. The van der Waals surface area contributed by atoms with Crippen LogP contribution >= 0.6 is 24.0 Å². The number of anilines is 2. The molecule has 2 aromatic heterocycles. The van der Waals surface area contributed by atoms with Crippen molar-refractivity contribution in [1.29, 1.82) is 0 Å².